The Balaban J connectivity index is 1.42. The van der Waals surface area contributed by atoms with Gasteiger partial charge < -0.3 is 19.7 Å². The second-order valence-corrected chi connectivity index (χ2v) is 15.1. The molecule has 3 heterocycles. The van der Waals surface area contributed by atoms with Crippen molar-refractivity contribution in [2.75, 3.05) is 28.9 Å². The van der Waals surface area contributed by atoms with Gasteiger partial charge in [-0.1, -0.05) is 26.0 Å². The van der Waals surface area contributed by atoms with Crippen molar-refractivity contribution in [2.45, 2.75) is 65.8 Å². The van der Waals surface area contributed by atoms with Gasteiger partial charge in [0, 0.05) is 42.2 Å². The molecule has 1 saturated heterocycles. The molecule has 0 bridgehead atoms. The van der Waals surface area contributed by atoms with E-state index in [0.29, 0.717) is 33.3 Å². The number of hydrogen-bond donors (Lipinski definition) is 2. The number of alkyl halides is 1. The van der Waals surface area contributed by atoms with Crippen LogP contribution in [0.4, 0.5) is 25.2 Å². The van der Waals surface area contributed by atoms with Crippen LogP contribution in [-0.2, 0) is 14.8 Å². The van der Waals surface area contributed by atoms with Crippen LogP contribution < -0.4 is 14.8 Å². The molecule has 5 rings (SSSR count). The van der Waals surface area contributed by atoms with Crippen LogP contribution in [0.5, 0.6) is 11.6 Å². The fraction of sp³-hybridized carbons (Fsp3) is 0.412. The van der Waals surface area contributed by atoms with E-state index in [1.807, 2.05) is 6.92 Å². The van der Waals surface area contributed by atoms with E-state index in [9.17, 15) is 17.6 Å². The van der Waals surface area contributed by atoms with Crippen molar-refractivity contribution >= 4 is 38.5 Å². The van der Waals surface area contributed by atoms with Gasteiger partial charge in [-0.2, -0.15) is 0 Å². The number of pyridine rings is 1. The average Bonchev–Trinajstić information content (AvgIpc) is 2.98. The highest BCUT2D eigenvalue weighted by Gasteiger charge is 2.33. The SMILES string of the molecule is Cc1ccc2c(NS(=O)(=O)CC(C)C)c(F)ccc2c1Oc1ncccc1-c1ccnc(NC2C[C@H](F)CN(C(=O)OC(C)(C)C)C2)n1. The van der Waals surface area contributed by atoms with Crippen molar-refractivity contribution in [3.05, 3.63) is 66.2 Å². The summed E-state index contributed by atoms with van der Waals surface area (Å²) in [5, 5.41) is 3.96. The molecular formula is C34H40F2N6O5S. The fourth-order valence-electron chi connectivity index (χ4n) is 5.48. The van der Waals surface area contributed by atoms with Crippen molar-refractivity contribution in [1.82, 2.24) is 19.9 Å². The molecule has 2 aromatic heterocycles. The number of likely N-dealkylation sites (tertiary alicyclic amines) is 1. The third-order valence-electron chi connectivity index (χ3n) is 7.39. The fourth-order valence-corrected chi connectivity index (χ4v) is 6.96. The first-order valence-electron chi connectivity index (χ1n) is 15.7. The van der Waals surface area contributed by atoms with E-state index in [-0.39, 0.29) is 48.7 Å². The largest absolute Gasteiger partial charge is 0.444 e. The topological polar surface area (TPSA) is 136 Å². The maximum Gasteiger partial charge on any atom is 0.410 e. The predicted molar refractivity (Wildman–Crippen MR) is 181 cm³/mol. The van der Waals surface area contributed by atoms with Gasteiger partial charge >= 0.3 is 6.09 Å². The van der Waals surface area contributed by atoms with E-state index in [4.69, 9.17) is 9.47 Å². The minimum atomic E-state index is -3.81. The highest BCUT2D eigenvalue weighted by atomic mass is 32.2. The van der Waals surface area contributed by atoms with Crippen LogP contribution in [0.1, 0.15) is 46.6 Å². The molecule has 48 heavy (non-hydrogen) atoms. The highest BCUT2D eigenvalue weighted by molar-refractivity contribution is 7.92. The van der Waals surface area contributed by atoms with Crippen molar-refractivity contribution in [1.29, 1.82) is 0 Å². The molecule has 14 heteroatoms. The summed E-state index contributed by atoms with van der Waals surface area (Å²) in [4.78, 5) is 27.4. The lowest BCUT2D eigenvalue weighted by molar-refractivity contribution is 0.0124. The monoisotopic (exact) mass is 682 g/mol. The van der Waals surface area contributed by atoms with E-state index in [1.54, 1.807) is 77.3 Å². The van der Waals surface area contributed by atoms with E-state index in [1.165, 1.54) is 17.0 Å². The van der Waals surface area contributed by atoms with Gasteiger partial charge in [0.15, 0.2) is 0 Å². The van der Waals surface area contributed by atoms with Crippen LogP contribution in [0, 0.1) is 18.7 Å². The molecule has 11 nitrogen and oxygen atoms in total. The second kappa shape index (κ2) is 13.9. The van der Waals surface area contributed by atoms with Crippen molar-refractivity contribution in [3.63, 3.8) is 0 Å². The van der Waals surface area contributed by atoms with E-state index >= 15 is 4.39 Å². The lowest BCUT2D eigenvalue weighted by Crippen LogP contribution is -2.51. The molecule has 0 radical (unpaired) electrons. The quantitative estimate of drug-likeness (QED) is 0.190. The number of nitrogens with zero attached hydrogens (tertiary/aromatic N) is 4. The maximum atomic E-state index is 15.0. The lowest BCUT2D eigenvalue weighted by atomic mass is 10.0. The minimum absolute atomic E-state index is 0.0596. The number of carbonyl (C=O) groups excluding carboxylic acids is 1. The Morgan fingerprint density at radius 3 is 2.54 bits per heavy atom. The summed E-state index contributed by atoms with van der Waals surface area (Å²) in [6.07, 6.45) is 1.41. The Bertz CT molecular complexity index is 1920. The van der Waals surface area contributed by atoms with Crippen LogP contribution in [-0.4, -0.2) is 71.0 Å². The molecule has 1 aliphatic heterocycles. The van der Waals surface area contributed by atoms with E-state index in [0.717, 1.165) is 0 Å². The van der Waals surface area contributed by atoms with Crippen molar-refractivity contribution in [3.8, 4) is 22.9 Å². The molecule has 2 aromatic carbocycles. The number of carbonyl (C=O) groups is 1. The number of ether oxygens (including phenoxy) is 2. The second-order valence-electron chi connectivity index (χ2n) is 13.3. The van der Waals surface area contributed by atoms with Crippen LogP contribution in [0.3, 0.4) is 0 Å². The molecule has 0 saturated carbocycles. The Labute approximate surface area is 279 Å². The Morgan fingerprint density at radius 1 is 1.06 bits per heavy atom. The average molecular weight is 683 g/mol. The van der Waals surface area contributed by atoms with Gasteiger partial charge in [-0.15, -0.1) is 0 Å². The zero-order valence-corrected chi connectivity index (χ0v) is 28.6. The Kier molecular flexibility index (Phi) is 10.0. The van der Waals surface area contributed by atoms with Gasteiger partial charge in [0.25, 0.3) is 0 Å². The number of nitrogens with one attached hydrogen (secondary N) is 2. The number of rotatable bonds is 9. The zero-order valence-electron chi connectivity index (χ0n) is 27.8. The van der Waals surface area contributed by atoms with Gasteiger partial charge in [0.2, 0.25) is 21.9 Å². The number of piperidine rings is 1. The molecule has 256 valence electrons. The number of benzene rings is 2. The standard InChI is InChI=1S/C34H40F2N6O5S/c1-20(2)19-48(44,45)41-29-24-10-9-21(3)30(25(24)11-12-27(29)36)46-31-26(8-7-14-37-31)28-13-15-38-32(40-28)39-23-16-22(35)17-42(18-23)33(43)47-34(4,5)6/h7-15,20,22-23,41H,16-19H2,1-6H3,(H,38,39,40)/t22-,23?/m0/s1. The number of amides is 1. The molecule has 1 unspecified atom stereocenters. The maximum absolute atomic E-state index is 15.0. The van der Waals surface area contributed by atoms with Gasteiger partial charge in [-0.25, -0.2) is 36.9 Å². The molecule has 0 aliphatic carbocycles. The molecule has 1 fully saturated rings. The third-order valence-corrected chi connectivity index (χ3v) is 9.01. The summed E-state index contributed by atoms with van der Waals surface area (Å²) < 4.78 is 69.4. The smallest absolute Gasteiger partial charge is 0.410 e. The Morgan fingerprint density at radius 2 is 1.81 bits per heavy atom. The van der Waals surface area contributed by atoms with Gasteiger partial charge in [0.05, 0.1) is 29.2 Å². The summed E-state index contributed by atoms with van der Waals surface area (Å²) in [6, 6.07) is 10.8. The summed E-state index contributed by atoms with van der Waals surface area (Å²) in [7, 11) is -3.81. The first-order chi connectivity index (χ1) is 22.6. The normalized spacial score (nSPS) is 17.0. The summed E-state index contributed by atoms with van der Waals surface area (Å²) in [6.45, 7) is 10.8. The minimum Gasteiger partial charge on any atom is -0.444 e. The van der Waals surface area contributed by atoms with Crippen molar-refractivity contribution < 1.29 is 31.5 Å². The molecular weight excluding hydrogens is 642 g/mol. The first-order valence-corrected chi connectivity index (χ1v) is 17.3. The predicted octanol–water partition coefficient (Wildman–Crippen LogP) is 7.09. The number of sulfonamides is 1. The first kappa shape index (κ1) is 34.7. The van der Waals surface area contributed by atoms with Gasteiger partial charge in [-0.05, 0) is 69.5 Å². The van der Waals surface area contributed by atoms with Crippen molar-refractivity contribution in [2.24, 2.45) is 5.92 Å². The van der Waals surface area contributed by atoms with Crippen LogP contribution in [0.2, 0.25) is 0 Å². The lowest BCUT2D eigenvalue weighted by Gasteiger charge is -2.36. The molecule has 1 aliphatic rings. The highest BCUT2D eigenvalue weighted by Crippen LogP contribution is 2.40. The zero-order chi connectivity index (χ0) is 34.8. The summed E-state index contributed by atoms with van der Waals surface area (Å²) in [5.41, 5.74) is 0.812. The summed E-state index contributed by atoms with van der Waals surface area (Å²) in [5.74, 6) is -0.250. The number of fused-ring (bicyclic) bond motifs is 1. The molecule has 1 amide bonds. The Hall–Kier alpha value is -4.59. The van der Waals surface area contributed by atoms with Crippen LogP contribution in [0.15, 0.2) is 54.9 Å². The number of aryl methyl sites for hydroxylation is 1. The summed E-state index contributed by atoms with van der Waals surface area (Å²) >= 11 is 0. The molecule has 2 atom stereocenters. The van der Waals surface area contributed by atoms with Gasteiger partial charge in [0.1, 0.15) is 23.3 Å². The number of hydrogen-bond acceptors (Lipinski definition) is 9. The van der Waals surface area contributed by atoms with Crippen LogP contribution in [0.25, 0.3) is 22.0 Å². The molecule has 0 spiro atoms. The van der Waals surface area contributed by atoms with E-state index in [2.05, 4.69) is 25.0 Å². The molecule has 4 aromatic rings. The third kappa shape index (κ3) is 8.46. The van der Waals surface area contributed by atoms with E-state index < -0.39 is 39.7 Å². The number of aromatic nitrogens is 3. The number of halogens is 2. The van der Waals surface area contributed by atoms with Crippen LogP contribution >= 0.6 is 0 Å². The molecule has 2 N–H and O–H groups in total. The van der Waals surface area contributed by atoms with Gasteiger partial charge in [-0.3, -0.25) is 4.72 Å². The number of anilines is 2.